The molecule has 1 aromatic rings. The quantitative estimate of drug-likeness (QED) is 0.899. The average molecular weight is 345 g/mol. The number of rotatable bonds is 3. The molecular weight excluding hydrogens is 318 g/mol. The number of aliphatic hydroxyl groups is 1. The molecule has 0 bridgehead atoms. The second-order valence-electron chi connectivity index (χ2n) is 7.23. The molecular formula is C19H27N3O3. The number of amides is 2. The third kappa shape index (κ3) is 3.68. The minimum absolute atomic E-state index is 0.0337. The van der Waals surface area contributed by atoms with Crippen LogP contribution in [0.3, 0.4) is 0 Å². The Labute approximate surface area is 148 Å². The van der Waals surface area contributed by atoms with E-state index in [1.165, 1.54) is 6.92 Å². The summed E-state index contributed by atoms with van der Waals surface area (Å²) in [6.45, 7) is 2.90. The molecule has 1 saturated carbocycles. The fourth-order valence-electron chi connectivity index (χ4n) is 4.13. The number of likely N-dealkylation sites (N-methyl/N-ethyl adjacent to an activating group) is 1. The van der Waals surface area contributed by atoms with Crippen molar-refractivity contribution in [3.05, 3.63) is 30.1 Å². The van der Waals surface area contributed by atoms with Gasteiger partial charge in [-0.3, -0.25) is 14.6 Å². The summed E-state index contributed by atoms with van der Waals surface area (Å²) in [6, 6.07) is 5.71. The Bertz CT molecular complexity index is 614. The van der Waals surface area contributed by atoms with Crippen molar-refractivity contribution in [2.75, 3.05) is 20.1 Å². The molecule has 6 heteroatoms. The van der Waals surface area contributed by atoms with Crippen LogP contribution in [0.1, 0.15) is 44.2 Å². The molecule has 1 aliphatic carbocycles. The van der Waals surface area contributed by atoms with Gasteiger partial charge in [-0.15, -0.1) is 0 Å². The number of pyridine rings is 1. The molecule has 2 fully saturated rings. The van der Waals surface area contributed by atoms with E-state index < -0.39 is 12.0 Å². The number of carbonyl (C=O) groups excluding carboxylic acids is 2. The molecule has 1 saturated heterocycles. The predicted octanol–water partition coefficient (Wildman–Crippen LogP) is 1.41. The van der Waals surface area contributed by atoms with Gasteiger partial charge in [0.05, 0.1) is 18.1 Å². The summed E-state index contributed by atoms with van der Waals surface area (Å²) in [5.74, 6) is -0.0340. The monoisotopic (exact) mass is 345 g/mol. The number of aromatic nitrogens is 1. The Kier molecular flexibility index (Phi) is 5.37. The van der Waals surface area contributed by atoms with E-state index in [1.54, 1.807) is 11.9 Å². The lowest BCUT2D eigenvalue weighted by Crippen LogP contribution is -2.47. The lowest BCUT2D eigenvalue weighted by molar-refractivity contribution is -0.142. The van der Waals surface area contributed by atoms with Gasteiger partial charge in [0.25, 0.3) is 0 Å². The summed E-state index contributed by atoms with van der Waals surface area (Å²) in [6.07, 6.45) is 4.17. The Morgan fingerprint density at radius 2 is 1.92 bits per heavy atom. The lowest BCUT2D eigenvalue weighted by atomic mass is 9.92. The van der Waals surface area contributed by atoms with Crippen LogP contribution in [0.15, 0.2) is 24.4 Å². The number of hydrogen-bond acceptors (Lipinski definition) is 4. The number of piperidine rings is 1. The van der Waals surface area contributed by atoms with Crippen molar-refractivity contribution < 1.29 is 14.7 Å². The first-order valence-corrected chi connectivity index (χ1v) is 9.10. The van der Waals surface area contributed by atoms with E-state index >= 15 is 0 Å². The van der Waals surface area contributed by atoms with Crippen LogP contribution >= 0.6 is 0 Å². The average Bonchev–Trinajstić information content (AvgIpc) is 3.02. The summed E-state index contributed by atoms with van der Waals surface area (Å²) in [5.41, 5.74) is 1.10. The highest BCUT2D eigenvalue weighted by Crippen LogP contribution is 2.33. The molecule has 2 aliphatic rings. The molecule has 1 aromatic heterocycles. The number of aliphatic hydroxyl groups excluding tert-OH is 1. The van der Waals surface area contributed by atoms with Crippen molar-refractivity contribution in [1.82, 2.24) is 14.8 Å². The van der Waals surface area contributed by atoms with E-state index in [4.69, 9.17) is 0 Å². The molecule has 25 heavy (non-hydrogen) atoms. The third-order valence-corrected chi connectivity index (χ3v) is 5.80. The summed E-state index contributed by atoms with van der Waals surface area (Å²) >= 11 is 0. The largest absolute Gasteiger partial charge is 0.390 e. The van der Waals surface area contributed by atoms with Gasteiger partial charge >= 0.3 is 0 Å². The molecule has 1 N–H and O–H groups in total. The second kappa shape index (κ2) is 7.52. The maximum absolute atomic E-state index is 12.8. The molecule has 0 radical (unpaired) electrons. The van der Waals surface area contributed by atoms with Crippen molar-refractivity contribution in [1.29, 1.82) is 0 Å². The Balaban J connectivity index is 1.57. The summed E-state index contributed by atoms with van der Waals surface area (Å²) < 4.78 is 0. The van der Waals surface area contributed by atoms with Gasteiger partial charge in [-0.1, -0.05) is 6.07 Å². The maximum Gasteiger partial charge on any atom is 0.228 e. The summed E-state index contributed by atoms with van der Waals surface area (Å²) in [5, 5.41) is 10.5. The van der Waals surface area contributed by atoms with Crippen molar-refractivity contribution >= 4 is 11.8 Å². The number of carbonyl (C=O) groups is 2. The fourth-order valence-corrected chi connectivity index (χ4v) is 4.13. The standard InChI is InChI=1S/C19H27N3O3/c1-13(23)21(2)17-7-6-15(18(17)24)19(25)22-11-8-14(9-12-22)16-5-3-4-10-20-16/h3-5,10,14-15,17-18,24H,6-9,11-12H2,1-2H3/t15-,17-,18+/m1/s1. The molecule has 2 heterocycles. The molecule has 136 valence electrons. The highest BCUT2D eigenvalue weighted by Gasteiger charge is 2.43. The van der Waals surface area contributed by atoms with Gasteiger partial charge in [0.15, 0.2) is 0 Å². The first-order chi connectivity index (χ1) is 12.0. The molecule has 2 amide bonds. The van der Waals surface area contributed by atoms with E-state index in [0.717, 1.165) is 18.5 Å². The van der Waals surface area contributed by atoms with Crippen LogP contribution < -0.4 is 0 Å². The zero-order valence-corrected chi connectivity index (χ0v) is 15.0. The van der Waals surface area contributed by atoms with E-state index in [2.05, 4.69) is 4.98 Å². The molecule has 0 aromatic carbocycles. The minimum atomic E-state index is -0.769. The van der Waals surface area contributed by atoms with Crippen molar-refractivity contribution in [3.63, 3.8) is 0 Å². The molecule has 6 nitrogen and oxygen atoms in total. The van der Waals surface area contributed by atoms with Gasteiger partial charge in [0, 0.05) is 44.9 Å². The predicted molar refractivity (Wildman–Crippen MR) is 93.8 cm³/mol. The van der Waals surface area contributed by atoms with Gasteiger partial charge in [0.1, 0.15) is 0 Å². The highest BCUT2D eigenvalue weighted by atomic mass is 16.3. The third-order valence-electron chi connectivity index (χ3n) is 5.80. The van der Waals surface area contributed by atoms with Gasteiger partial charge in [0.2, 0.25) is 11.8 Å². The van der Waals surface area contributed by atoms with Gasteiger partial charge in [-0.05, 0) is 37.8 Å². The van der Waals surface area contributed by atoms with Gasteiger partial charge < -0.3 is 14.9 Å². The van der Waals surface area contributed by atoms with Crippen LogP contribution in [0.4, 0.5) is 0 Å². The minimum Gasteiger partial charge on any atom is -0.390 e. The number of nitrogens with zero attached hydrogens (tertiary/aromatic N) is 3. The van der Waals surface area contributed by atoms with Crippen LogP contribution in [-0.2, 0) is 9.59 Å². The van der Waals surface area contributed by atoms with Crippen molar-refractivity contribution in [2.24, 2.45) is 5.92 Å². The highest BCUT2D eigenvalue weighted by molar-refractivity contribution is 5.80. The molecule has 0 spiro atoms. The first kappa shape index (κ1) is 17.9. The van der Waals surface area contributed by atoms with Gasteiger partial charge in [-0.2, -0.15) is 0 Å². The van der Waals surface area contributed by atoms with E-state index in [-0.39, 0.29) is 17.9 Å². The van der Waals surface area contributed by atoms with Crippen LogP contribution in [0.25, 0.3) is 0 Å². The SMILES string of the molecule is CC(=O)N(C)[C@@H]1CC[C@@H](C(=O)N2CCC(c3ccccn3)CC2)[C@@H]1O. The molecule has 3 atom stereocenters. The maximum atomic E-state index is 12.8. The van der Waals surface area contributed by atoms with Crippen LogP contribution in [-0.4, -0.2) is 64.0 Å². The lowest BCUT2D eigenvalue weighted by Gasteiger charge is -2.34. The first-order valence-electron chi connectivity index (χ1n) is 9.10. The van der Waals surface area contributed by atoms with Crippen LogP contribution in [0.2, 0.25) is 0 Å². The van der Waals surface area contributed by atoms with Crippen molar-refractivity contribution in [3.8, 4) is 0 Å². The van der Waals surface area contributed by atoms with Crippen molar-refractivity contribution in [2.45, 2.75) is 50.7 Å². The Morgan fingerprint density at radius 3 is 2.52 bits per heavy atom. The van der Waals surface area contributed by atoms with E-state index in [1.807, 2.05) is 29.3 Å². The number of likely N-dealkylation sites (tertiary alicyclic amines) is 1. The molecule has 3 rings (SSSR count). The van der Waals surface area contributed by atoms with Crippen LogP contribution in [0.5, 0.6) is 0 Å². The topological polar surface area (TPSA) is 73.7 Å². The smallest absolute Gasteiger partial charge is 0.228 e. The summed E-state index contributed by atoms with van der Waals surface area (Å²) in [7, 11) is 1.70. The zero-order chi connectivity index (χ0) is 18.0. The Morgan fingerprint density at radius 1 is 1.20 bits per heavy atom. The van der Waals surface area contributed by atoms with Gasteiger partial charge in [-0.25, -0.2) is 0 Å². The normalized spacial score (nSPS) is 27.3. The second-order valence-corrected chi connectivity index (χ2v) is 7.23. The Hall–Kier alpha value is -1.95. The van der Waals surface area contributed by atoms with E-state index in [9.17, 15) is 14.7 Å². The fraction of sp³-hybridized carbons (Fsp3) is 0.632. The molecule has 0 unspecified atom stereocenters. The van der Waals surface area contributed by atoms with Crippen LogP contribution in [0, 0.1) is 5.92 Å². The van der Waals surface area contributed by atoms with E-state index in [0.29, 0.717) is 31.8 Å². The zero-order valence-electron chi connectivity index (χ0n) is 15.0. The summed E-state index contributed by atoms with van der Waals surface area (Å²) in [4.78, 5) is 32.2. The molecule has 1 aliphatic heterocycles. The number of hydrogen-bond donors (Lipinski definition) is 1.